The van der Waals surface area contributed by atoms with E-state index in [1.807, 2.05) is 85.8 Å². The summed E-state index contributed by atoms with van der Waals surface area (Å²) in [5.41, 5.74) is 4.89. The zero-order valence-electron chi connectivity index (χ0n) is 18.8. The largest absolute Gasteiger partial charge is 0.340 e. The number of carbonyl (C=O) groups is 1. The fourth-order valence-corrected chi connectivity index (χ4v) is 4.37. The Kier molecular flexibility index (Phi) is 5.68. The van der Waals surface area contributed by atoms with Gasteiger partial charge in [-0.3, -0.25) is 4.79 Å². The first-order valence-corrected chi connectivity index (χ1v) is 11.2. The highest BCUT2D eigenvalue weighted by atomic mass is 16.1. The van der Waals surface area contributed by atoms with Crippen LogP contribution in [0.15, 0.2) is 103 Å². The van der Waals surface area contributed by atoms with Crippen molar-refractivity contribution >= 4 is 39.3 Å². The van der Waals surface area contributed by atoms with E-state index in [1.54, 1.807) is 6.08 Å². The number of nitrogens with zero attached hydrogens (tertiary/aromatic N) is 2. The molecule has 4 heteroatoms. The minimum Gasteiger partial charge on any atom is -0.340 e. The molecule has 5 aromatic rings. The average Bonchev–Trinajstić information content (AvgIpc) is 3.13. The second kappa shape index (κ2) is 9.09. The number of rotatable bonds is 5. The molecule has 0 spiro atoms. The van der Waals surface area contributed by atoms with Gasteiger partial charge in [-0.25, -0.2) is 0 Å². The van der Waals surface area contributed by atoms with Crippen molar-refractivity contribution in [2.75, 3.05) is 5.32 Å². The van der Waals surface area contributed by atoms with E-state index >= 15 is 0 Å². The van der Waals surface area contributed by atoms with Crippen molar-refractivity contribution in [3.05, 3.63) is 119 Å². The molecule has 0 saturated carbocycles. The Bertz CT molecular complexity index is 1590. The van der Waals surface area contributed by atoms with E-state index in [9.17, 15) is 10.1 Å². The number of carbonyl (C=O) groups excluding carboxylic acids is 1. The standard InChI is InChI=1S/C30H23N3O/c1-21-28(27-13-7-8-14-29(27)33(21)20-22-9-3-2-4-10-22)18-25(19-31)30(34)32-26-16-15-23-11-5-6-12-24(23)17-26/h2-18H,20H2,1H3,(H,32,34). The van der Waals surface area contributed by atoms with Crippen molar-refractivity contribution in [3.8, 4) is 6.07 Å². The van der Waals surface area contributed by atoms with Crippen molar-refractivity contribution < 1.29 is 4.79 Å². The molecule has 4 aromatic carbocycles. The van der Waals surface area contributed by atoms with Crippen LogP contribution >= 0.6 is 0 Å². The van der Waals surface area contributed by atoms with Crippen LogP contribution in [0, 0.1) is 18.3 Å². The molecule has 0 radical (unpaired) electrons. The molecular formula is C30H23N3O. The Morgan fingerprint density at radius 1 is 0.912 bits per heavy atom. The van der Waals surface area contributed by atoms with E-state index in [0.29, 0.717) is 12.2 Å². The Labute approximate surface area is 198 Å². The molecular weight excluding hydrogens is 418 g/mol. The molecule has 1 heterocycles. The van der Waals surface area contributed by atoms with Gasteiger partial charge >= 0.3 is 0 Å². The monoisotopic (exact) mass is 441 g/mol. The van der Waals surface area contributed by atoms with Gasteiger partial charge in [-0.1, -0.05) is 78.9 Å². The second-order valence-corrected chi connectivity index (χ2v) is 8.27. The molecule has 4 nitrogen and oxygen atoms in total. The third-order valence-electron chi connectivity index (χ3n) is 6.12. The number of para-hydroxylation sites is 1. The van der Waals surface area contributed by atoms with Gasteiger partial charge in [-0.05, 0) is 47.5 Å². The van der Waals surface area contributed by atoms with Crippen LogP contribution in [0.2, 0.25) is 0 Å². The van der Waals surface area contributed by atoms with E-state index in [2.05, 4.69) is 34.2 Å². The molecule has 1 N–H and O–H groups in total. The minimum absolute atomic E-state index is 0.0684. The average molecular weight is 442 g/mol. The lowest BCUT2D eigenvalue weighted by molar-refractivity contribution is -0.112. The summed E-state index contributed by atoms with van der Waals surface area (Å²) in [6, 6.07) is 34.1. The first-order chi connectivity index (χ1) is 16.6. The summed E-state index contributed by atoms with van der Waals surface area (Å²) in [6.07, 6.45) is 1.70. The lowest BCUT2D eigenvalue weighted by atomic mass is 10.1. The number of hydrogen-bond donors (Lipinski definition) is 1. The minimum atomic E-state index is -0.419. The molecule has 0 aliphatic rings. The normalized spacial score (nSPS) is 11.5. The summed E-state index contributed by atoms with van der Waals surface area (Å²) < 4.78 is 2.23. The number of nitriles is 1. The van der Waals surface area contributed by atoms with Crippen LogP contribution in [0.5, 0.6) is 0 Å². The maximum Gasteiger partial charge on any atom is 0.266 e. The molecule has 34 heavy (non-hydrogen) atoms. The van der Waals surface area contributed by atoms with Gasteiger partial charge in [0.05, 0.1) is 0 Å². The van der Waals surface area contributed by atoms with E-state index in [-0.39, 0.29) is 5.57 Å². The van der Waals surface area contributed by atoms with Gasteiger partial charge < -0.3 is 9.88 Å². The zero-order chi connectivity index (χ0) is 23.5. The SMILES string of the molecule is Cc1c(C=C(C#N)C(=O)Nc2ccc3ccccc3c2)c2ccccc2n1Cc1ccccc1. The van der Waals surface area contributed by atoms with Gasteiger partial charge in [0.2, 0.25) is 0 Å². The number of hydrogen-bond acceptors (Lipinski definition) is 2. The third-order valence-corrected chi connectivity index (χ3v) is 6.12. The van der Waals surface area contributed by atoms with Crippen LogP contribution in [-0.2, 0) is 11.3 Å². The van der Waals surface area contributed by atoms with E-state index < -0.39 is 5.91 Å². The molecule has 164 valence electrons. The van der Waals surface area contributed by atoms with Crippen LogP contribution in [0.1, 0.15) is 16.8 Å². The fraction of sp³-hybridized carbons (Fsp3) is 0.0667. The number of anilines is 1. The Morgan fingerprint density at radius 3 is 2.41 bits per heavy atom. The molecule has 0 atom stereocenters. The van der Waals surface area contributed by atoms with Crippen molar-refractivity contribution in [2.24, 2.45) is 0 Å². The van der Waals surface area contributed by atoms with Crippen LogP contribution in [0.3, 0.4) is 0 Å². The van der Waals surface area contributed by atoms with Crippen LogP contribution < -0.4 is 5.32 Å². The summed E-state index contributed by atoms with van der Waals surface area (Å²) in [5.74, 6) is -0.419. The summed E-state index contributed by atoms with van der Waals surface area (Å²) in [6.45, 7) is 2.75. The first-order valence-electron chi connectivity index (χ1n) is 11.2. The maximum atomic E-state index is 13.0. The smallest absolute Gasteiger partial charge is 0.266 e. The van der Waals surface area contributed by atoms with Crippen molar-refractivity contribution in [1.29, 1.82) is 5.26 Å². The highest BCUT2D eigenvalue weighted by Gasteiger charge is 2.16. The molecule has 5 rings (SSSR count). The lowest BCUT2D eigenvalue weighted by Crippen LogP contribution is -2.13. The zero-order valence-corrected chi connectivity index (χ0v) is 18.8. The Balaban J connectivity index is 1.51. The first kappa shape index (κ1) is 21.2. The predicted octanol–water partition coefficient (Wildman–Crippen LogP) is 6.70. The predicted molar refractivity (Wildman–Crippen MR) is 138 cm³/mol. The number of fused-ring (bicyclic) bond motifs is 2. The van der Waals surface area contributed by atoms with Gasteiger partial charge in [0.15, 0.2) is 0 Å². The second-order valence-electron chi connectivity index (χ2n) is 8.27. The quantitative estimate of drug-likeness (QED) is 0.244. The molecule has 0 aliphatic carbocycles. The third kappa shape index (κ3) is 4.07. The van der Waals surface area contributed by atoms with Gasteiger partial charge in [0.25, 0.3) is 5.91 Å². The molecule has 0 aliphatic heterocycles. The molecule has 0 bridgehead atoms. The van der Waals surface area contributed by atoms with Gasteiger partial charge in [-0.15, -0.1) is 0 Å². The highest BCUT2D eigenvalue weighted by Crippen LogP contribution is 2.29. The summed E-state index contributed by atoms with van der Waals surface area (Å²) in [4.78, 5) is 13.0. The summed E-state index contributed by atoms with van der Waals surface area (Å²) >= 11 is 0. The molecule has 0 saturated heterocycles. The van der Waals surface area contributed by atoms with Gasteiger partial charge in [-0.2, -0.15) is 5.26 Å². The van der Waals surface area contributed by atoms with Crippen LogP contribution in [0.25, 0.3) is 27.8 Å². The van der Waals surface area contributed by atoms with E-state index in [0.717, 1.165) is 32.9 Å². The Morgan fingerprint density at radius 2 is 1.62 bits per heavy atom. The summed E-state index contributed by atoms with van der Waals surface area (Å²) in [7, 11) is 0. The lowest BCUT2D eigenvalue weighted by Gasteiger charge is -2.09. The molecule has 0 fully saturated rings. The topological polar surface area (TPSA) is 57.8 Å². The van der Waals surface area contributed by atoms with Crippen LogP contribution in [-0.4, -0.2) is 10.5 Å². The number of aromatic nitrogens is 1. The summed E-state index contributed by atoms with van der Waals surface area (Å²) in [5, 5.41) is 15.9. The van der Waals surface area contributed by atoms with Gasteiger partial charge in [0.1, 0.15) is 11.6 Å². The maximum absolute atomic E-state index is 13.0. The number of nitrogens with one attached hydrogen (secondary N) is 1. The van der Waals surface area contributed by atoms with Crippen molar-refractivity contribution in [3.63, 3.8) is 0 Å². The van der Waals surface area contributed by atoms with Crippen molar-refractivity contribution in [2.45, 2.75) is 13.5 Å². The fourth-order valence-electron chi connectivity index (χ4n) is 4.37. The van der Waals surface area contributed by atoms with E-state index in [4.69, 9.17) is 0 Å². The van der Waals surface area contributed by atoms with Crippen molar-refractivity contribution in [1.82, 2.24) is 4.57 Å². The molecule has 1 aromatic heterocycles. The molecule has 1 amide bonds. The number of amides is 1. The highest BCUT2D eigenvalue weighted by molar-refractivity contribution is 6.11. The van der Waals surface area contributed by atoms with E-state index in [1.165, 1.54) is 5.56 Å². The van der Waals surface area contributed by atoms with Crippen LogP contribution in [0.4, 0.5) is 5.69 Å². The van der Waals surface area contributed by atoms with Gasteiger partial charge in [0, 0.05) is 34.4 Å². The molecule has 0 unspecified atom stereocenters. The Hall–Kier alpha value is -4.62. The number of benzene rings is 4.